The van der Waals surface area contributed by atoms with Crippen LogP contribution in [0, 0.1) is 0 Å². The molecule has 0 atom stereocenters. The minimum atomic E-state index is -0.138. The molecule has 0 aromatic carbocycles. The first-order valence-corrected chi connectivity index (χ1v) is 7.97. The van der Waals surface area contributed by atoms with Crippen molar-refractivity contribution in [3.63, 3.8) is 0 Å². The molecule has 3 heterocycles. The van der Waals surface area contributed by atoms with E-state index in [1.807, 2.05) is 20.8 Å². The average Bonchev–Trinajstić information content (AvgIpc) is 3.18. The van der Waals surface area contributed by atoms with Gasteiger partial charge in [-0.25, -0.2) is 9.97 Å². The van der Waals surface area contributed by atoms with E-state index in [0.29, 0.717) is 34.9 Å². The standard InChI is InChI=1S/C16H21N7O/c1-4-6-23-15(24)12-14(22-7-5-18-16(22)23)21-13(20-12)11(8-17)9-19-10(2)3/h5,7-10H,4,6,17H2,1-3H3,(H,20,21). The van der Waals surface area contributed by atoms with Crippen LogP contribution < -0.4 is 11.3 Å². The molecule has 0 bridgehead atoms. The van der Waals surface area contributed by atoms with Crippen molar-refractivity contribution in [3.05, 3.63) is 34.8 Å². The lowest BCUT2D eigenvalue weighted by Crippen LogP contribution is -2.23. The van der Waals surface area contributed by atoms with E-state index in [1.54, 1.807) is 27.6 Å². The zero-order valence-electron chi connectivity index (χ0n) is 14.0. The van der Waals surface area contributed by atoms with Gasteiger partial charge in [0.05, 0.1) is 5.57 Å². The van der Waals surface area contributed by atoms with E-state index >= 15 is 0 Å². The molecule has 0 aliphatic rings. The maximum atomic E-state index is 12.8. The van der Waals surface area contributed by atoms with Crippen molar-refractivity contribution in [2.45, 2.75) is 39.8 Å². The molecule has 3 rings (SSSR count). The number of aromatic amines is 1. The summed E-state index contributed by atoms with van der Waals surface area (Å²) in [6.45, 7) is 6.56. The topological polar surface area (TPSA) is 106 Å². The highest BCUT2D eigenvalue weighted by molar-refractivity contribution is 6.08. The highest BCUT2D eigenvalue weighted by atomic mass is 16.1. The first-order chi connectivity index (χ1) is 11.6. The van der Waals surface area contributed by atoms with Crippen LogP contribution >= 0.6 is 0 Å². The minimum Gasteiger partial charge on any atom is -0.404 e. The van der Waals surface area contributed by atoms with E-state index in [2.05, 4.69) is 19.9 Å². The Morgan fingerprint density at radius 3 is 2.96 bits per heavy atom. The van der Waals surface area contributed by atoms with Gasteiger partial charge in [-0.3, -0.25) is 18.8 Å². The predicted octanol–water partition coefficient (Wildman–Crippen LogP) is 1.56. The number of fused-ring (bicyclic) bond motifs is 3. The van der Waals surface area contributed by atoms with E-state index in [-0.39, 0.29) is 11.6 Å². The SMILES string of the molecule is CCCn1c(=O)c2[nH]c(C(C=NC(C)C)=CN)nc2n2ccnc12. The molecule has 24 heavy (non-hydrogen) atoms. The molecule has 8 nitrogen and oxygen atoms in total. The Morgan fingerprint density at radius 1 is 1.50 bits per heavy atom. The number of aromatic nitrogens is 5. The Hall–Kier alpha value is -2.90. The van der Waals surface area contributed by atoms with Crippen LogP contribution in [-0.2, 0) is 6.54 Å². The number of nitrogens with one attached hydrogen (secondary N) is 1. The lowest BCUT2D eigenvalue weighted by atomic mass is 10.3. The van der Waals surface area contributed by atoms with Gasteiger partial charge in [0.15, 0.2) is 11.2 Å². The summed E-state index contributed by atoms with van der Waals surface area (Å²) >= 11 is 0. The molecular weight excluding hydrogens is 306 g/mol. The summed E-state index contributed by atoms with van der Waals surface area (Å²) in [6.07, 6.45) is 7.39. The molecule has 0 spiro atoms. The third-order valence-electron chi connectivity index (χ3n) is 3.65. The van der Waals surface area contributed by atoms with Gasteiger partial charge >= 0.3 is 0 Å². The second-order valence-corrected chi connectivity index (χ2v) is 5.83. The number of aliphatic imine (C=N–C) groups is 1. The van der Waals surface area contributed by atoms with Crippen molar-refractivity contribution in [2.24, 2.45) is 10.7 Å². The van der Waals surface area contributed by atoms with Crippen molar-refractivity contribution in [3.8, 4) is 0 Å². The van der Waals surface area contributed by atoms with Gasteiger partial charge in [0.2, 0.25) is 5.78 Å². The summed E-state index contributed by atoms with van der Waals surface area (Å²) < 4.78 is 3.46. The fourth-order valence-electron chi connectivity index (χ4n) is 2.55. The van der Waals surface area contributed by atoms with Crippen molar-refractivity contribution in [1.82, 2.24) is 23.9 Å². The summed E-state index contributed by atoms with van der Waals surface area (Å²) in [5, 5.41) is 0. The number of aryl methyl sites for hydroxylation is 1. The first kappa shape index (κ1) is 16.0. The average molecular weight is 327 g/mol. The van der Waals surface area contributed by atoms with E-state index in [0.717, 1.165) is 6.42 Å². The van der Waals surface area contributed by atoms with Crippen molar-refractivity contribution < 1.29 is 0 Å². The molecule has 0 unspecified atom stereocenters. The quantitative estimate of drug-likeness (QED) is 0.693. The van der Waals surface area contributed by atoms with Crippen LogP contribution in [0.3, 0.4) is 0 Å². The second-order valence-electron chi connectivity index (χ2n) is 5.83. The molecule has 0 amide bonds. The van der Waals surface area contributed by atoms with Gasteiger partial charge in [0.25, 0.3) is 5.56 Å². The van der Waals surface area contributed by atoms with E-state index in [1.165, 1.54) is 6.20 Å². The summed E-state index contributed by atoms with van der Waals surface area (Å²) in [4.78, 5) is 29.0. The smallest absolute Gasteiger partial charge is 0.280 e. The molecule has 0 aliphatic heterocycles. The molecule has 126 valence electrons. The molecule has 3 aromatic rings. The molecule has 8 heteroatoms. The van der Waals surface area contributed by atoms with Crippen LogP contribution in [0.15, 0.2) is 28.4 Å². The van der Waals surface area contributed by atoms with Crippen molar-refractivity contribution in [2.75, 3.05) is 0 Å². The fourth-order valence-corrected chi connectivity index (χ4v) is 2.55. The van der Waals surface area contributed by atoms with Crippen LogP contribution in [0.5, 0.6) is 0 Å². The third kappa shape index (κ3) is 2.60. The van der Waals surface area contributed by atoms with Gasteiger partial charge in [-0.15, -0.1) is 0 Å². The highest BCUT2D eigenvalue weighted by Gasteiger charge is 2.16. The number of hydrogen-bond donors (Lipinski definition) is 2. The summed E-state index contributed by atoms with van der Waals surface area (Å²) in [7, 11) is 0. The first-order valence-electron chi connectivity index (χ1n) is 7.97. The molecular formula is C16H21N7O. The monoisotopic (exact) mass is 327 g/mol. The Balaban J connectivity index is 2.25. The summed E-state index contributed by atoms with van der Waals surface area (Å²) in [5.41, 5.74) is 7.17. The Kier molecular flexibility index (Phi) is 4.20. The number of nitrogens with two attached hydrogens (primary N) is 1. The van der Waals surface area contributed by atoms with Crippen LogP contribution in [0.2, 0.25) is 0 Å². The van der Waals surface area contributed by atoms with Gasteiger partial charge in [-0.05, 0) is 20.3 Å². The number of rotatable bonds is 5. The maximum absolute atomic E-state index is 12.8. The molecule has 3 N–H and O–H groups in total. The number of nitrogens with zero attached hydrogens (tertiary/aromatic N) is 5. The van der Waals surface area contributed by atoms with E-state index in [4.69, 9.17) is 5.73 Å². The van der Waals surface area contributed by atoms with Gasteiger partial charge < -0.3 is 10.7 Å². The van der Waals surface area contributed by atoms with Crippen molar-refractivity contribution in [1.29, 1.82) is 0 Å². The maximum Gasteiger partial charge on any atom is 0.280 e. The normalized spacial score (nSPS) is 13.1. The van der Waals surface area contributed by atoms with Gasteiger partial charge in [-0.2, -0.15) is 0 Å². The Labute approximate surface area is 138 Å². The second kappa shape index (κ2) is 6.31. The van der Waals surface area contributed by atoms with Crippen LogP contribution in [-0.4, -0.2) is 36.2 Å². The lowest BCUT2D eigenvalue weighted by molar-refractivity contribution is 0.663. The molecule has 0 fully saturated rings. The third-order valence-corrected chi connectivity index (χ3v) is 3.65. The number of imidazole rings is 2. The summed E-state index contributed by atoms with van der Waals surface area (Å²) in [6, 6.07) is 0.145. The number of allylic oxidation sites excluding steroid dienone is 1. The Bertz CT molecular complexity index is 987. The highest BCUT2D eigenvalue weighted by Crippen LogP contribution is 2.15. The minimum absolute atomic E-state index is 0.138. The van der Waals surface area contributed by atoms with Gasteiger partial charge in [-0.1, -0.05) is 6.92 Å². The van der Waals surface area contributed by atoms with E-state index in [9.17, 15) is 4.79 Å². The van der Waals surface area contributed by atoms with Gasteiger partial charge in [0, 0.05) is 37.4 Å². The zero-order chi connectivity index (χ0) is 17.3. The predicted molar refractivity (Wildman–Crippen MR) is 95.2 cm³/mol. The van der Waals surface area contributed by atoms with Gasteiger partial charge in [0.1, 0.15) is 5.82 Å². The molecule has 0 saturated carbocycles. The largest absolute Gasteiger partial charge is 0.404 e. The van der Waals surface area contributed by atoms with Crippen LogP contribution in [0.25, 0.3) is 22.5 Å². The molecule has 3 aromatic heterocycles. The molecule has 0 radical (unpaired) electrons. The molecule has 0 saturated heterocycles. The number of hydrogen-bond acceptors (Lipinski definition) is 5. The summed E-state index contributed by atoms with van der Waals surface area (Å²) in [5.74, 6) is 1.10. The fraction of sp³-hybridized carbons (Fsp3) is 0.375. The number of H-pyrrole nitrogens is 1. The molecule has 0 aliphatic carbocycles. The van der Waals surface area contributed by atoms with Crippen molar-refractivity contribution >= 4 is 28.7 Å². The lowest BCUT2D eigenvalue weighted by Gasteiger charge is -2.05. The van der Waals surface area contributed by atoms with Crippen LogP contribution in [0.1, 0.15) is 33.0 Å². The van der Waals surface area contributed by atoms with Crippen LogP contribution in [0.4, 0.5) is 0 Å². The van der Waals surface area contributed by atoms with E-state index < -0.39 is 0 Å². The zero-order valence-corrected chi connectivity index (χ0v) is 14.0. The Morgan fingerprint density at radius 2 is 2.29 bits per heavy atom.